The Morgan fingerprint density at radius 3 is 2.35 bits per heavy atom. The van der Waals surface area contributed by atoms with Crippen LogP contribution in [0.4, 0.5) is 5.69 Å². The lowest BCUT2D eigenvalue weighted by Gasteiger charge is -2.39. The molecule has 1 amide bonds. The summed E-state index contributed by atoms with van der Waals surface area (Å²) in [5.41, 5.74) is 7.65. The minimum Gasteiger partial charge on any atom is -0.399 e. The van der Waals surface area contributed by atoms with Crippen LogP contribution in [-0.4, -0.2) is 23.9 Å². The Bertz CT molecular complexity index is 514. The highest BCUT2D eigenvalue weighted by Crippen LogP contribution is 2.50. The zero-order valence-electron chi connectivity index (χ0n) is 12.5. The van der Waals surface area contributed by atoms with Crippen molar-refractivity contribution in [2.24, 2.45) is 5.41 Å². The van der Waals surface area contributed by atoms with Crippen LogP contribution in [0.3, 0.4) is 0 Å². The predicted octanol–water partition coefficient (Wildman–Crippen LogP) is 2.95. The van der Waals surface area contributed by atoms with Crippen molar-refractivity contribution in [3.05, 3.63) is 29.8 Å². The Labute approximate surface area is 121 Å². The molecule has 2 N–H and O–H groups in total. The highest BCUT2D eigenvalue weighted by molar-refractivity contribution is 5.91. The van der Waals surface area contributed by atoms with Gasteiger partial charge in [0.1, 0.15) is 0 Å². The molecule has 1 aliphatic heterocycles. The van der Waals surface area contributed by atoms with E-state index >= 15 is 0 Å². The van der Waals surface area contributed by atoms with Gasteiger partial charge in [0.25, 0.3) is 0 Å². The molecule has 1 heterocycles. The van der Waals surface area contributed by atoms with E-state index in [2.05, 4.69) is 18.7 Å². The number of carbonyl (C=O) groups excluding carboxylic acids is 1. The predicted molar refractivity (Wildman–Crippen MR) is 81.4 cm³/mol. The Kier molecular flexibility index (Phi) is 3.03. The molecule has 1 aromatic rings. The molecule has 0 bridgehead atoms. The van der Waals surface area contributed by atoms with Gasteiger partial charge in [-0.25, -0.2) is 0 Å². The molecule has 1 saturated heterocycles. The molecule has 0 atom stereocenters. The second-order valence-electron chi connectivity index (χ2n) is 7.20. The maximum Gasteiger partial charge on any atom is 0.233 e. The third-order valence-corrected chi connectivity index (χ3v) is 4.81. The van der Waals surface area contributed by atoms with E-state index in [1.807, 2.05) is 24.3 Å². The first-order valence-corrected chi connectivity index (χ1v) is 7.58. The largest absolute Gasteiger partial charge is 0.399 e. The second-order valence-corrected chi connectivity index (χ2v) is 7.20. The lowest BCUT2D eigenvalue weighted by Crippen LogP contribution is -2.47. The fourth-order valence-corrected chi connectivity index (χ4v) is 3.45. The molecule has 1 saturated carbocycles. The fourth-order valence-electron chi connectivity index (χ4n) is 3.45. The summed E-state index contributed by atoms with van der Waals surface area (Å²) in [6.45, 7) is 6.33. The minimum atomic E-state index is -0.249. The molecule has 0 radical (unpaired) electrons. The van der Waals surface area contributed by atoms with Gasteiger partial charge in [-0.3, -0.25) is 4.79 Å². The van der Waals surface area contributed by atoms with Crippen LogP contribution in [0, 0.1) is 5.41 Å². The van der Waals surface area contributed by atoms with Crippen LogP contribution >= 0.6 is 0 Å². The van der Waals surface area contributed by atoms with E-state index in [1.165, 1.54) is 6.42 Å². The summed E-state index contributed by atoms with van der Waals surface area (Å²) < 4.78 is 0. The summed E-state index contributed by atoms with van der Waals surface area (Å²) in [7, 11) is 0. The van der Waals surface area contributed by atoms with Gasteiger partial charge in [-0.2, -0.15) is 0 Å². The summed E-state index contributed by atoms with van der Waals surface area (Å²) in [5, 5.41) is 0. The maximum absolute atomic E-state index is 13.0. The molecule has 1 aromatic carbocycles. The number of amides is 1. The van der Waals surface area contributed by atoms with Crippen LogP contribution < -0.4 is 5.73 Å². The number of rotatable bonds is 2. The van der Waals surface area contributed by atoms with E-state index in [-0.39, 0.29) is 10.8 Å². The fraction of sp³-hybridized carbons (Fsp3) is 0.588. The average Bonchev–Trinajstić information content (AvgIpc) is 3.19. The lowest BCUT2D eigenvalue weighted by molar-refractivity contribution is -0.137. The molecule has 0 spiro atoms. The SMILES string of the molecule is CC1(C)CCCN(C(=O)C2(c3ccc(N)cc3)CC2)C1. The van der Waals surface area contributed by atoms with Gasteiger partial charge in [0.2, 0.25) is 5.91 Å². The van der Waals surface area contributed by atoms with Gasteiger partial charge in [0, 0.05) is 18.8 Å². The van der Waals surface area contributed by atoms with Gasteiger partial charge in [-0.15, -0.1) is 0 Å². The van der Waals surface area contributed by atoms with Crippen molar-refractivity contribution in [3.8, 4) is 0 Å². The van der Waals surface area contributed by atoms with Crippen molar-refractivity contribution in [3.63, 3.8) is 0 Å². The van der Waals surface area contributed by atoms with Crippen LogP contribution in [0.5, 0.6) is 0 Å². The number of hydrogen-bond donors (Lipinski definition) is 1. The molecular formula is C17H24N2O. The van der Waals surface area contributed by atoms with Crippen LogP contribution in [0.1, 0.15) is 45.1 Å². The highest BCUT2D eigenvalue weighted by atomic mass is 16.2. The third kappa shape index (κ3) is 2.30. The van der Waals surface area contributed by atoms with Crippen molar-refractivity contribution < 1.29 is 4.79 Å². The van der Waals surface area contributed by atoms with E-state index in [1.54, 1.807) is 0 Å². The Hall–Kier alpha value is -1.51. The maximum atomic E-state index is 13.0. The Balaban J connectivity index is 1.81. The molecule has 3 heteroatoms. The van der Waals surface area contributed by atoms with Crippen molar-refractivity contribution in [1.29, 1.82) is 0 Å². The summed E-state index contributed by atoms with van der Waals surface area (Å²) in [6, 6.07) is 7.86. The molecule has 0 aromatic heterocycles. The number of benzene rings is 1. The van der Waals surface area contributed by atoms with E-state index in [0.717, 1.165) is 43.6 Å². The first-order valence-electron chi connectivity index (χ1n) is 7.58. The number of nitrogens with zero attached hydrogens (tertiary/aromatic N) is 1. The first-order chi connectivity index (χ1) is 9.43. The lowest BCUT2D eigenvalue weighted by atomic mass is 9.83. The Morgan fingerprint density at radius 1 is 1.15 bits per heavy atom. The van der Waals surface area contributed by atoms with Crippen molar-refractivity contribution in [2.75, 3.05) is 18.8 Å². The van der Waals surface area contributed by atoms with Gasteiger partial charge in [0.15, 0.2) is 0 Å². The van der Waals surface area contributed by atoms with Gasteiger partial charge < -0.3 is 10.6 Å². The van der Waals surface area contributed by atoms with Crippen LogP contribution in [0.25, 0.3) is 0 Å². The number of carbonyl (C=O) groups is 1. The minimum absolute atomic E-state index is 0.249. The highest BCUT2D eigenvalue weighted by Gasteiger charge is 2.53. The number of piperidine rings is 1. The molecule has 3 rings (SSSR count). The number of anilines is 1. The molecule has 0 unspecified atom stereocenters. The monoisotopic (exact) mass is 272 g/mol. The average molecular weight is 272 g/mol. The molecule has 3 nitrogen and oxygen atoms in total. The van der Waals surface area contributed by atoms with Crippen LogP contribution in [0.15, 0.2) is 24.3 Å². The van der Waals surface area contributed by atoms with Gasteiger partial charge in [0.05, 0.1) is 5.41 Å². The molecule has 2 fully saturated rings. The van der Waals surface area contributed by atoms with Crippen molar-refractivity contribution >= 4 is 11.6 Å². The first kappa shape index (κ1) is 13.5. The standard InChI is InChI=1S/C17H24N2O/c1-16(2)8-3-11-19(12-16)15(20)17(9-10-17)13-4-6-14(18)7-5-13/h4-7H,3,8-12,18H2,1-2H3. The summed E-state index contributed by atoms with van der Waals surface area (Å²) in [6.07, 6.45) is 4.29. The van der Waals surface area contributed by atoms with E-state index < -0.39 is 0 Å². The van der Waals surface area contributed by atoms with Gasteiger partial charge >= 0.3 is 0 Å². The smallest absolute Gasteiger partial charge is 0.233 e. The molecule has 108 valence electrons. The van der Waals surface area contributed by atoms with Crippen LogP contribution in [-0.2, 0) is 10.2 Å². The number of nitrogen functional groups attached to an aromatic ring is 1. The zero-order valence-corrected chi connectivity index (χ0v) is 12.5. The van der Waals surface area contributed by atoms with Gasteiger partial charge in [-0.1, -0.05) is 26.0 Å². The Morgan fingerprint density at radius 2 is 1.80 bits per heavy atom. The number of hydrogen-bond acceptors (Lipinski definition) is 2. The van der Waals surface area contributed by atoms with Crippen molar-refractivity contribution in [2.45, 2.75) is 44.9 Å². The van der Waals surface area contributed by atoms with E-state index in [0.29, 0.717) is 5.91 Å². The van der Waals surface area contributed by atoms with E-state index in [9.17, 15) is 4.79 Å². The van der Waals surface area contributed by atoms with Crippen LogP contribution in [0.2, 0.25) is 0 Å². The molecule has 2 aliphatic rings. The molecule has 1 aliphatic carbocycles. The topological polar surface area (TPSA) is 46.3 Å². The second kappa shape index (κ2) is 4.51. The number of likely N-dealkylation sites (tertiary alicyclic amines) is 1. The normalized spacial score (nSPS) is 23.4. The summed E-state index contributed by atoms with van der Waals surface area (Å²) in [5.74, 6) is 0.329. The quantitative estimate of drug-likeness (QED) is 0.841. The van der Waals surface area contributed by atoms with Crippen molar-refractivity contribution in [1.82, 2.24) is 4.90 Å². The third-order valence-electron chi connectivity index (χ3n) is 4.81. The summed E-state index contributed by atoms with van der Waals surface area (Å²) in [4.78, 5) is 15.0. The number of nitrogens with two attached hydrogens (primary N) is 1. The molecular weight excluding hydrogens is 248 g/mol. The zero-order chi connectivity index (χ0) is 14.4. The van der Waals surface area contributed by atoms with Gasteiger partial charge in [-0.05, 0) is 48.8 Å². The molecule has 20 heavy (non-hydrogen) atoms. The van der Waals surface area contributed by atoms with E-state index in [4.69, 9.17) is 5.73 Å². The summed E-state index contributed by atoms with van der Waals surface area (Å²) >= 11 is 0.